The number of amides is 1. The summed E-state index contributed by atoms with van der Waals surface area (Å²) in [6.45, 7) is 8.55. The van der Waals surface area contributed by atoms with Crippen LogP contribution < -0.4 is 10.6 Å². The molecule has 29 heavy (non-hydrogen) atoms. The fourth-order valence-electron chi connectivity index (χ4n) is 3.08. The summed E-state index contributed by atoms with van der Waals surface area (Å²) in [4.78, 5) is 22.4. The minimum Gasteiger partial charge on any atom is -0.444 e. The Balaban J connectivity index is 0.00000300. The lowest BCUT2D eigenvalue weighted by Crippen LogP contribution is -2.63. The zero-order valence-corrected chi connectivity index (χ0v) is 19.8. The van der Waals surface area contributed by atoms with Crippen molar-refractivity contribution in [1.82, 2.24) is 25.1 Å². The molecular formula is C20H31IN6O2. The van der Waals surface area contributed by atoms with Crippen LogP contribution in [0.2, 0.25) is 0 Å². The van der Waals surface area contributed by atoms with Crippen molar-refractivity contribution < 1.29 is 9.53 Å². The van der Waals surface area contributed by atoms with Crippen molar-refractivity contribution in [3.05, 3.63) is 30.6 Å². The van der Waals surface area contributed by atoms with Crippen LogP contribution in [0.5, 0.6) is 0 Å². The number of rotatable bonds is 5. The molecule has 3 rings (SSSR count). The lowest BCUT2D eigenvalue weighted by Gasteiger charge is -2.40. The van der Waals surface area contributed by atoms with Crippen molar-refractivity contribution in [2.75, 3.05) is 26.7 Å². The van der Waals surface area contributed by atoms with E-state index in [1.807, 2.05) is 45.3 Å². The van der Waals surface area contributed by atoms with Crippen molar-refractivity contribution in [3.8, 4) is 0 Å². The summed E-state index contributed by atoms with van der Waals surface area (Å²) in [5.74, 6) is 0.754. The van der Waals surface area contributed by atoms with Gasteiger partial charge in [0.05, 0.1) is 23.4 Å². The van der Waals surface area contributed by atoms with E-state index in [-0.39, 0.29) is 36.1 Å². The van der Waals surface area contributed by atoms with E-state index in [4.69, 9.17) is 4.74 Å². The maximum absolute atomic E-state index is 12.0. The van der Waals surface area contributed by atoms with E-state index in [2.05, 4.69) is 31.2 Å². The number of aryl methyl sites for hydroxylation is 1. The number of nitrogens with zero attached hydrogens (tertiary/aromatic N) is 4. The molecule has 1 aromatic carbocycles. The van der Waals surface area contributed by atoms with Gasteiger partial charge in [0, 0.05) is 33.2 Å². The molecule has 1 fully saturated rings. The molecule has 1 aliphatic rings. The average molecular weight is 514 g/mol. The molecule has 9 heteroatoms. The number of fused-ring (bicyclic) bond motifs is 1. The summed E-state index contributed by atoms with van der Waals surface area (Å²) < 4.78 is 7.54. The number of carbonyl (C=O) groups is 1. The highest BCUT2D eigenvalue weighted by molar-refractivity contribution is 14.0. The smallest absolute Gasteiger partial charge is 0.410 e. The number of ether oxygens (including phenoxy) is 1. The number of hydrogen-bond acceptors (Lipinski definition) is 4. The highest BCUT2D eigenvalue weighted by atomic mass is 127. The molecule has 0 saturated carbocycles. The maximum atomic E-state index is 12.0. The van der Waals surface area contributed by atoms with Gasteiger partial charge in [-0.05, 0) is 39.3 Å². The minimum atomic E-state index is -0.465. The molecule has 0 spiro atoms. The molecule has 1 aromatic heterocycles. The summed E-state index contributed by atoms with van der Waals surface area (Å²) in [6.07, 6.45) is 2.58. The molecule has 0 aliphatic carbocycles. The molecule has 0 radical (unpaired) electrons. The summed E-state index contributed by atoms with van der Waals surface area (Å²) in [5.41, 5.74) is 1.71. The number of aromatic nitrogens is 2. The highest BCUT2D eigenvalue weighted by Gasteiger charge is 2.34. The largest absolute Gasteiger partial charge is 0.444 e. The summed E-state index contributed by atoms with van der Waals surface area (Å²) in [5, 5.41) is 6.68. The number of carbonyl (C=O) groups excluding carboxylic acids is 1. The van der Waals surface area contributed by atoms with Gasteiger partial charge in [-0.2, -0.15) is 0 Å². The lowest BCUT2D eigenvalue weighted by atomic mass is 10.1. The Bertz CT molecular complexity index is 839. The molecule has 1 saturated heterocycles. The minimum absolute atomic E-state index is 0. The molecule has 2 aromatic rings. The quantitative estimate of drug-likeness (QED) is 0.278. The fraction of sp³-hybridized carbons (Fsp3) is 0.550. The molecule has 0 atom stereocenters. The van der Waals surface area contributed by atoms with Crippen LogP contribution in [0.1, 0.15) is 27.2 Å². The van der Waals surface area contributed by atoms with Gasteiger partial charge in [-0.25, -0.2) is 9.78 Å². The number of guanidine groups is 1. The second-order valence-electron chi connectivity index (χ2n) is 8.01. The molecule has 2 heterocycles. The van der Waals surface area contributed by atoms with Crippen LogP contribution >= 0.6 is 24.0 Å². The van der Waals surface area contributed by atoms with Gasteiger partial charge in [-0.3, -0.25) is 4.99 Å². The van der Waals surface area contributed by atoms with E-state index in [1.54, 1.807) is 11.9 Å². The zero-order valence-electron chi connectivity index (χ0n) is 17.5. The van der Waals surface area contributed by atoms with E-state index in [0.717, 1.165) is 36.5 Å². The van der Waals surface area contributed by atoms with Crippen LogP contribution in [0.3, 0.4) is 0 Å². The number of para-hydroxylation sites is 2. The van der Waals surface area contributed by atoms with Gasteiger partial charge < -0.3 is 24.8 Å². The van der Waals surface area contributed by atoms with Gasteiger partial charge >= 0.3 is 6.09 Å². The van der Waals surface area contributed by atoms with Crippen LogP contribution in [0.15, 0.2) is 35.6 Å². The van der Waals surface area contributed by atoms with E-state index in [9.17, 15) is 4.79 Å². The number of nitrogens with one attached hydrogen (secondary N) is 2. The fourth-order valence-corrected chi connectivity index (χ4v) is 3.08. The number of likely N-dealkylation sites (tertiary alicyclic amines) is 1. The predicted octanol–water partition coefficient (Wildman–Crippen LogP) is 2.83. The third kappa shape index (κ3) is 6.48. The van der Waals surface area contributed by atoms with Gasteiger partial charge in [0.2, 0.25) is 0 Å². The Morgan fingerprint density at radius 1 is 1.31 bits per heavy atom. The number of hydrogen-bond donors (Lipinski definition) is 2. The van der Waals surface area contributed by atoms with E-state index >= 15 is 0 Å². The topological polar surface area (TPSA) is 83.8 Å². The van der Waals surface area contributed by atoms with Crippen molar-refractivity contribution in [3.63, 3.8) is 0 Å². The Kier molecular flexibility index (Phi) is 8.12. The number of halogens is 1. The third-order valence-corrected chi connectivity index (χ3v) is 4.49. The number of aliphatic imine (C=N–C) groups is 1. The molecule has 1 amide bonds. The number of imidazole rings is 1. The number of benzene rings is 1. The molecule has 0 unspecified atom stereocenters. The Morgan fingerprint density at radius 3 is 2.72 bits per heavy atom. The van der Waals surface area contributed by atoms with E-state index in [1.165, 1.54) is 0 Å². The first-order valence-corrected chi connectivity index (χ1v) is 9.71. The third-order valence-electron chi connectivity index (χ3n) is 4.49. The van der Waals surface area contributed by atoms with Crippen LogP contribution in [0.25, 0.3) is 11.0 Å². The Morgan fingerprint density at radius 2 is 2.03 bits per heavy atom. The normalized spacial score (nSPS) is 14.9. The van der Waals surface area contributed by atoms with Crippen molar-refractivity contribution in [2.24, 2.45) is 4.99 Å². The summed E-state index contributed by atoms with van der Waals surface area (Å²) >= 11 is 0. The van der Waals surface area contributed by atoms with Crippen LogP contribution in [-0.2, 0) is 11.3 Å². The summed E-state index contributed by atoms with van der Waals surface area (Å²) in [6, 6.07) is 8.33. The second-order valence-corrected chi connectivity index (χ2v) is 8.01. The van der Waals surface area contributed by atoms with Gasteiger partial charge in [-0.15, -0.1) is 24.0 Å². The standard InChI is InChI=1S/C20H30N6O2.HI/c1-20(2,3)28-19(27)26-12-15(13-26)24-18(21-4)22-10-7-11-25-14-23-16-8-5-6-9-17(16)25;/h5-6,8-9,14-15H,7,10-13H2,1-4H3,(H2,21,22,24);1H. The Labute approximate surface area is 189 Å². The van der Waals surface area contributed by atoms with Crippen LogP contribution in [0.4, 0.5) is 4.79 Å². The van der Waals surface area contributed by atoms with E-state index < -0.39 is 5.60 Å². The SMILES string of the molecule is CN=C(NCCCn1cnc2ccccc21)NC1CN(C(=O)OC(C)(C)C)C1.I. The molecular weight excluding hydrogens is 483 g/mol. The van der Waals surface area contributed by atoms with Crippen molar-refractivity contribution >= 4 is 47.1 Å². The lowest BCUT2D eigenvalue weighted by molar-refractivity contribution is 0.00701. The van der Waals surface area contributed by atoms with Crippen molar-refractivity contribution in [2.45, 2.75) is 45.4 Å². The average Bonchev–Trinajstić information content (AvgIpc) is 3.01. The first-order chi connectivity index (χ1) is 13.4. The van der Waals surface area contributed by atoms with Gasteiger partial charge in [0.25, 0.3) is 0 Å². The molecule has 1 aliphatic heterocycles. The molecule has 0 bridgehead atoms. The first-order valence-electron chi connectivity index (χ1n) is 9.71. The zero-order chi connectivity index (χ0) is 20.1. The Hall–Kier alpha value is -2.04. The second kappa shape index (κ2) is 10.1. The van der Waals surface area contributed by atoms with Crippen LogP contribution in [-0.4, -0.2) is 64.8 Å². The molecule has 160 valence electrons. The monoisotopic (exact) mass is 514 g/mol. The van der Waals surface area contributed by atoms with Crippen molar-refractivity contribution in [1.29, 1.82) is 0 Å². The summed E-state index contributed by atoms with van der Waals surface area (Å²) in [7, 11) is 1.75. The van der Waals surface area contributed by atoms with Gasteiger partial charge in [0.15, 0.2) is 5.96 Å². The first kappa shape index (κ1) is 23.2. The predicted molar refractivity (Wildman–Crippen MR) is 126 cm³/mol. The highest BCUT2D eigenvalue weighted by Crippen LogP contribution is 2.15. The van der Waals surface area contributed by atoms with E-state index in [0.29, 0.717) is 13.1 Å². The molecule has 8 nitrogen and oxygen atoms in total. The molecule has 2 N–H and O–H groups in total. The van der Waals surface area contributed by atoms with Gasteiger partial charge in [-0.1, -0.05) is 12.1 Å². The van der Waals surface area contributed by atoms with Gasteiger partial charge in [0.1, 0.15) is 5.60 Å². The maximum Gasteiger partial charge on any atom is 0.410 e. The van der Waals surface area contributed by atoms with Crippen LogP contribution in [0, 0.1) is 0 Å².